The van der Waals surface area contributed by atoms with E-state index in [2.05, 4.69) is 0 Å². The van der Waals surface area contributed by atoms with E-state index < -0.39 is 17.2 Å². The van der Waals surface area contributed by atoms with Crippen molar-refractivity contribution in [1.82, 2.24) is 4.90 Å². The summed E-state index contributed by atoms with van der Waals surface area (Å²) in [4.78, 5) is 29.1. The molecule has 2 aliphatic rings. The molecule has 5 nitrogen and oxygen atoms in total. The molecule has 0 saturated carbocycles. The van der Waals surface area contributed by atoms with Crippen molar-refractivity contribution in [2.24, 2.45) is 0 Å². The summed E-state index contributed by atoms with van der Waals surface area (Å²) in [6.45, 7) is 1.28. The van der Waals surface area contributed by atoms with E-state index in [4.69, 9.17) is 4.74 Å². The van der Waals surface area contributed by atoms with Crippen LogP contribution in [0.2, 0.25) is 0 Å². The fraction of sp³-hybridized carbons (Fsp3) is 0.231. The highest BCUT2D eigenvalue weighted by Gasteiger charge is 2.47. The van der Waals surface area contributed by atoms with Crippen molar-refractivity contribution in [3.8, 4) is 0 Å². The summed E-state index contributed by atoms with van der Waals surface area (Å²) in [5.41, 5.74) is 1.89. The smallest absolute Gasteiger partial charge is 0.339 e. The topological polar surface area (TPSA) is 49.9 Å². The number of hydrogen-bond acceptors (Lipinski definition) is 4. The molecule has 0 atom stereocenters. The molecule has 0 aliphatic carbocycles. The minimum absolute atomic E-state index is 0.125. The van der Waals surface area contributed by atoms with Crippen LogP contribution in [0.5, 0.6) is 0 Å². The molecule has 168 valence electrons. The summed E-state index contributed by atoms with van der Waals surface area (Å²) in [6.07, 6.45) is 1.19. The quantitative estimate of drug-likeness (QED) is 0.539. The molecule has 0 bridgehead atoms. The lowest BCUT2D eigenvalue weighted by atomic mass is 9.84. The van der Waals surface area contributed by atoms with Gasteiger partial charge in [0.05, 0.1) is 12.1 Å². The van der Waals surface area contributed by atoms with Gasteiger partial charge >= 0.3 is 5.97 Å². The van der Waals surface area contributed by atoms with Crippen molar-refractivity contribution in [3.05, 3.63) is 95.6 Å². The highest BCUT2D eigenvalue weighted by Crippen LogP contribution is 2.44. The molecule has 0 radical (unpaired) electrons. The van der Waals surface area contributed by atoms with Gasteiger partial charge in [-0.05, 0) is 54.6 Å². The Kier molecular flexibility index (Phi) is 5.42. The first-order chi connectivity index (χ1) is 15.9. The number of benzene rings is 3. The van der Waals surface area contributed by atoms with Gasteiger partial charge in [0.15, 0.2) is 0 Å². The molecular formula is C26H22F2N2O3. The molecule has 5 rings (SSSR count). The SMILES string of the molecule is O=C1OC2(CCN(CC(=O)N(c3ccc(F)cc3)c3ccc(F)cc3)CC2)c2ccccc21. The van der Waals surface area contributed by atoms with Gasteiger partial charge in [-0.25, -0.2) is 13.6 Å². The third-order valence-electron chi connectivity index (χ3n) is 6.37. The van der Waals surface area contributed by atoms with Crippen LogP contribution >= 0.6 is 0 Å². The second kappa shape index (κ2) is 8.41. The van der Waals surface area contributed by atoms with Crippen LogP contribution in [0, 0.1) is 11.6 Å². The fourth-order valence-electron chi connectivity index (χ4n) is 4.67. The predicted molar refractivity (Wildman–Crippen MR) is 119 cm³/mol. The van der Waals surface area contributed by atoms with Crippen LogP contribution in [0.25, 0.3) is 0 Å². The Bertz CT molecular complexity index is 1140. The lowest BCUT2D eigenvalue weighted by Crippen LogP contribution is -2.46. The summed E-state index contributed by atoms with van der Waals surface area (Å²) in [5.74, 6) is -1.32. The predicted octanol–water partition coefficient (Wildman–Crippen LogP) is 4.79. The van der Waals surface area contributed by atoms with Crippen molar-refractivity contribution in [2.75, 3.05) is 24.5 Å². The number of carbonyl (C=O) groups is 2. The zero-order valence-corrected chi connectivity index (χ0v) is 17.8. The molecule has 0 N–H and O–H groups in total. The summed E-state index contributed by atoms with van der Waals surface area (Å²) < 4.78 is 32.7. The number of anilines is 2. The maximum atomic E-state index is 13.5. The van der Waals surface area contributed by atoms with Crippen molar-refractivity contribution >= 4 is 23.3 Å². The average Bonchev–Trinajstić information content (AvgIpc) is 3.10. The van der Waals surface area contributed by atoms with E-state index in [-0.39, 0.29) is 18.4 Å². The Hall–Kier alpha value is -3.58. The summed E-state index contributed by atoms with van der Waals surface area (Å²) in [7, 11) is 0. The lowest BCUT2D eigenvalue weighted by molar-refractivity contribution is -0.120. The molecule has 7 heteroatoms. The Morgan fingerprint density at radius 2 is 1.42 bits per heavy atom. The third-order valence-corrected chi connectivity index (χ3v) is 6.37. The van der Waals surface area contributed by atoms with Gasteiger partial charge in [-0.2, -0.15) is 0 Å². The van der Waals surface area contributed by atoms with Crippen LogP contribution in [0.15, 0.2) is 72.8 Å². The monoisotopic (exact) mass is 448 g/mol. The van der Waals surface area contributed by atoms with E-state index >= 15 is 0 Å². The minimum Gasteiger partial charge on any atom is -0.450 e. The van der Waals surface area contributed by atoms with Gasteiger partial charge in [-0.3, -0.25) is 14.6 Å². The molecule has 0 unspecified atom stereocenters. The molecule has 1 fully saturated rings. The second-order valence-electron chi connectivity index (χ2n) is 8.39. The molecule has 3 aromatic carbocycles. The van der Waals surface area contributed by atoms with Gasteiger partial charge in [-0.15, -0.1) is 0 Å². The van der Waals surface area contributed by atoms with Crippen LogP contribution < -0.4 is 4.90 Å². The van der Waals surface area contributed by atoms with Gasteiger partial charge in [-0.1, -0.05) is 18.2 Å². The standard InChI is InChI=1S/C26H22F2N2O3/c27-18-5-9-20(10-6-18)30(21-11-7-19(28)8-12-21)24(31)17-29-15-13-26(14-16-29)23-4-2-1-3-22(23)25(32)33-26/h1-12H,13-17H2. The molecule has 3 aromatic rings. The number of rotatable bonds is 4. The maximum absolute atomic E-state index is 13.5. The Morgan fingerprint density at radius 1 is 0.879 bits per heavy atom. The first kappa shape index (κ1) is 21.3. The molecule has 33 heavy (non-hydrogen) atoms. The third kappa shape index (κ3) is 4.00. The van der Waals surface area contributed by atoms with Crippen molar-refractivity contribution < 1.29 is 23.1 Å². The van der Waals surface area contributed by atoms with Crippen LogP contribution in [0.4, 0.5) is 20.2 Å². The van der Waals surface area contributed by atoms with Gasteiger partial charge < -0.3 is 4.74 Å². The second-order valence-corrected chi connectivity index (χ2v) is 8.39. The van der Waals surface area contributed by atoms with E-state index in [1.165, 1.54) is 53.4 Å². The molecule has 1 saturated heterocycles. The van der Waals surface area contributed by atoms with Gasteiger partial charge in [0.2, 0.25) is 5.91 Å². The van der Waals surface area contributed by atoms with Crippen LogP contribution in [-0.4, -0.2) is 36.4 Å². The molecular weight excluding hydrogens is 426 g/mol. The zero-order valence-electron chi connectivity index (χ0n) is 17.8. The van der Waals surface area contributed by atoms with Crippen molar-refractivity contribution in [3.63, 3.8) is 0 Å². The van der Waals surface area contributed by atoms with E-state index in [0.717, 1.165) is 5.56 Å². The molecule has 0 aromatic heterocycles. The van der Waals surface area contributed by atoms with E-state index in [1.807, 2.05) is 23.1 Å². The Labute approximate surface area is 190 Å². The van der Waals surface area contributed by atoms with Crippen molar-refractivity contribution in [2.45, 2.75) is 18.4 Å². The fourth-order valence-corrected chi connectivity index (χ4v) is 4.67. The maximum Gasteiger partial charge on any atom is 0.339 e. The van der Waals surface area contributed by atoms with E-state index in [1.54, 1.807) is 6.07 Å². The molecule has 1 spiro atoms. The normalized spacial score (nSPS) is 17.0. The number of esters is 1. The largest absolute Gasteiger partial charge is 0.450 e. The highest BCUT2D eigenvalue weighted by molar-refractivity contribution is 6.01. The molecule has 1 amide bonds. The number of fused-ring (bicyclic) bond motifs is 2. The number of piperidine rings is 1. The van der Waals surface area contributed by atoms with E-state index in [9.17, 15) is 18.4 Å². The number of amides is 1. The minimum atomic E-state index is -0.638. The number of ether oxygens (including phenoxy) is 1. The summed E-state index contributed by atoms with van der Waals surface area (Å²) in [6, 6.07) is 18.7. The van der Waals surface area contributed by atoms with Gasteiger partial charge in [0.25, 0.3) is 0 Å². The summed E-state index contributed by atoms with van der Waals surface area (Å²) in [5, 5.41) is 0. The van der Waals surface area contributed by atoms with Crippen molar-refractivity contribution in [1.29, 1.82) is 0 Å². The zero-order chi connectivity index (χ0) is 23.0. The number of carbonyl (C=O) groups excluding carboxylic acids is 2. The average molecular weight is 448 g/mol. The summed E-state index contributed by atoms with van der Waals surface area (Å²) >= 11 is 0. The van der Waals surface area contributed by atoms with Crippen LogP contribution in [0.3, 0.4) is 0 Å². The molecule has 2 aliphatic heterocycles. The Morgan fingerprint density at radius 3 is 2.00 bits per heavy atom. The number of hydrogen-bond donors (Lipinski definition) is 0. The number of nitrogens with zero attached hydrogens (tertiary/aromatic N) is 2. The van der Waals surface area contributed by atoms with Crippen LogP contribution in [0.1, 0.15) is 28.8 Å². The lowest BCUT2D eigenvalue weighted by Gasteiger charge is -2.39. The van der Waals surface area contributed by atoms with Crippen LogP contribution in [-0.2, 0) is 15.1 Å². The first-order valence-electron chi connectivity index (χ1n) is 10.8. The number of likely N-dealkylation sites (tertiary alicyclic amines) is 1. The molecule has 2 heterocycles. The van der Waals surface area contributed by atoms with Gasteiger partial charge in [0, 0.05) is 42.9 Å². The number of halogens is 2. The Balaban J connectivity index is 1.33. The first-order valence-corrected chi connectivity index (χ1v) is 10.8. The highest BCUT2D eigenvalue weighted by atomic mass is 19.1. The van der Waals surface area contributed by atoms with Gasteiger partial charge in [0.1, 0.15) is 17.2 Å². The van der Waals surface area contributed by atoms with E-state index in [0.29, 0.717) is 42.9 Å².